The Morgan fingerprint density at radius 1 is 0.880 bits per heavy atom. The van der Waals surface area contributed by atoms with Crippen LogP contribution in [0.1, 0.15) is 27.5 Å². The predicted octanol–water partition coefficient (Wildman–Crippen LogP) is 3.83. The Morgan fingerprint density at radius 3 is 1.92 bits per heavy atom. The molecule has 4 N–H and O–H groups in total. The zero-order valence-electron chi connectivity index (χ0n) is 14.1. The number of carbonyl (C=O) groups excluding carboxylic acids is 1. The fourth-order valence-corrected chi connectivity index (χ4v) is 2.79. The zero-order chi connectivity index (χ0) is 17.6. The molecule has 0 atom stereocenters. The van der Waals surface area contributed by atoms with E-state index >= 15 is 0 Å². The summed E-state index contributed by atoms with van der Waals surface area (Å²) in [5, 5.41) is 6.11. The molecule has 0 aromatic heterocycles. The van der Waals surface area contributed by atoms with Crippen molar-refractivity contribution in [3.63, 3.8) is 0 Å². The molecule has 0 bridgehead atoms. The average Bonchev–Trinajstić information content (AvgIpc) is 2.67. The average molecular weight is 331 g/mol. The van der Waals surface area contributed by atoms with Crippen LogP contribution in [0.25, 0.3) is 0 Å². The lowest BCUT2D eigenvalue weighted by atomic mass is 9.98. The zero-order valence-corrected chi connectivity index (χ0v) is 14.1. The van der Waals surface area contributed by atoms with Crippen LogP contribution in [0.3, 0.4) is 0 Å². The van der Waals surface area contributed by atoms with Crippen molar-refractivity contribution < 1.29 is 4.79 Å². The van der Waals surface area contributed by atoms with Crippen LogP contribution < -0.4 is 16.4 Å². The van der Waals surface area contributed by atoms with Crippen molar-refractivity contribution in [1.82, 2.24) is 5.32 Å². The van der Waals surface area contributed by atoms with E-state index in [9.17, 15) is 4.79 Å². The number of anilines is 2. The van der Waals surface area contributed by atoms with E-state index < -0.39 is 0 Å². The summed E-state index contributed by atoms with van der Waals surface area (Å²) >= 11 is 0. The third kappa shape index (κ3) is 3.80. The largest absolute Gasteiger partial charge is 0.397 e. The third-order valence-corrected chi connectivity index (χ3v) is 4.11. The molecule has 4 nitrogen and oxygen atoms in total. The minimum absolute atomic E-state index is 0.0319. The number of nitrogens with two attached hydrogens (primary N) is 1. The maximum atomic E-state index is 11.8. The van der Waals surface area contributed by atoms with Crippen LogP contribution in [0.2, 0.25) is 0 Å². The number of hydrogen-bond donors (Lipinski definition) is 3. The van der Waals surface area contributed by atoms with Crippen LogP contribution in [0.4, 0.5) is 11.4 Å². The van der Waals surface area contributed by atoms with Crippen LogP contribution in [-0.2, 0) is 0 Å². The van der Waals surface area contributed by atoms with Gasteiger partial charge in [-0.3, -0.25) is 4.79 Å². The molecule has 126 valence electrons. The highest BCUT2D eigenvalue weighted by molar-refractivity contribution is 5.96. The van der Waals surface area contributed by atoms with Crippen LogP contribution in [0.5, 0.6) is 0 Å². The first kappa shape index (κ1) is 16.6. The molecule has 4 heteroatoms. The molecule has 0 aliphatic carbocycles. The molecule has 0 heterocycles. The highest BCUT2D eigenvalue weighted by Gasteiger charge is 2.15. The summed E-state index contributed by atoms with van der Waals surface area (Å²) in [5.74, 6) is -0.152. The molecule has 0 saturated carbocycles. The summed E-state index contributed by atoms with van der Waals surface area (Å²) in [7, 11) is 1.60. The summed E-state index contributed by atoms with van der Waals surface area (Å²) in [4.78, 5) is 11.8. The van der Waals surface area contributed by atoms with Gasteiger partial charge in [0.15, 0.2) is 0 Å². The summed E-state index contributed by atoms with van der Waals surface area (Å²) in [6.07, 6.45) is 0. The molecular weight excluding hydrogens is 310 g/mol. The van der Waals surface area contributed by atoms with E-state index in [1.165, 1.54) is 0 Å². The monoisotopic (exact) mass is 331 g/mol. The van der Waals surface area contributed by atoms with E-state index in [1.54, 1.807) is 19.2 Å². The Kier molecular flexibility index (Phi) is 5.00. The molecule has 0 unspecified atom stereocenters. The molecule has 0 aliphatic heterocycles. The highest BCUT2D eigenvalue weighted by Crippen LogP contribution is 2.29. The molecular formula is C21H21N3O. The Balaban J connectivity index is 1.95. The number of rotatable bonds is 5. The van der Waals surface area contributed by atoms with E-state index in [4.69, 9.17) is 5.73 Å². The molecule has 3 aromatic carbocycles. The fourth-order valence-electron chi connectivity index (χ4n) is 2.79. The van der Waals surface area contributed by atoms with Gasteiger partial charge >= 0.3 is 0 Å². The topological polar surface area (TPSA) is 67.2 Å². The van der Waals surface area contributed by atoms with Gasteiger partial charge in [0.25, 0.3) is 5.91 Å². The summed E-state index contributed by atoms with van der Waals surface area (Å²) in [6, 6.07) is 25.7. The quantitative estimate of drug-likeness (QED) is 0.623. The molecule has 0 saturated heterocycles. The second-order valence-corrected chi connectivity index (χ2v) is 5.78. The lowest BCUT2D eigenvalue weighted by molar-refractivity contribution is 0.0963. The normalized spacial score (nSPS) is 10.5. The standard InChI is InChI=1S/C21H21N3O/c1-23-21(25)17-12-13-19(18(22)14-17)24-20(15-8-4-2-5-9-15)16-10-6-3-7-11-16/h2-14,20,24H,22H2,1H3,(H,23,25). The minimum atomic E-state index is -0.152. The maximum absolute atomic E-state index is 11.8. The lowest BCUT2D eigenvalue weighted by Crippen LogP contribution is -2.18. The van der Waals surface area contributed by atoms with Gasteiger partial charge < -0.3 is 16.4 Å². The first-order valence-electron chi connectivity index (χ1n) is 8.17. The number of nitrogen functional groups attached to an aromatic ring is 1. The first-order chi connectivity index (χ1) is 12.2. The van der Waals surface area contributed by atoms with Gasteiger partial charge in [-0.15, -0.1) is 0 Å². The Bertz CT molecular complexity index is 808. The Hall–Kier alpha value is -3.27. The van der Waals surface area contributed by atoms with Crippen LogP contribution in [0.15, 0.2) is 78.9 Å². The molecule has 25 heavy (non-hydrogen) atoms. The smallest absolute Gasteiger partial charge is 0.251 e. The number of amides is 1. The van der Waals surface area contributed by atoms with Crippen molar-refractivity contribution in [3.8, 4) is 0 Å². The summed E-state index contributed by atoms with van der Waals surface area (Å²) in [6.45, 7) is 0. The van der Waals surface area contributed by atoms with Crippen molar-refractivity contribution in [2.24, 2.45) is 0 Å². The van der Waals surface area contributed by atoms with Crippen LogP contribution >= 0.6 is 0 Å². The van der Waals surface area contributed by atoms with E-state index in [2.05, 4.69) is 34.9 Å². The van der Waals surface area contributed by atoms with Crippen LogP contribution in [-0.4, -0.2) is 13.0 Å². The third-order valence-electron chi connectivity index (χ3n) is 4.11. The molecule has 3 rings (SSSR count). The van der Waals surface area contributed by atoms with Crippen molar-refractivity contribution in [2.45, 2.75) is 6.04 Å². The predicted molar refractivity (Wildman–Crippen MR) is 103 cm³/mol. The van der Waals surface area contributed by atoms with E-state index in [-0.39, 0.29) is 11.9 Å². The van der Waals surface area contributed by atoms with Crippen molar-refractivity contribution in [1.29, 1.82) is 0 Å². The molecule has 0 radical (unpaired) electrons. The van der Waals surface area contributed by atoms with Gasteiger partial charge in [-0.1, -0.05) is 60.7 Å². The highest BCUT2D eigenvalue weighted by atomic mass is 16.1. The van der Waals surface area contributed by atoms with E-state index in [0.29, 0.717) is 11.3 Å². The van der Waals surface area contributed by atoms with E-state index in [0.717, 1.165) is 16.8 Å². The lowest BCUT2D eigenvalue weighted by Gasteiger charge is -2.22. The molecule has 0 aliphatic rings. The molecule has 1 amide bonds. The van der Waals surface area contributed by atoms with Gasteiger partial charge in [-0.05, 0) is 29.3 Å². The number of hydrogen-bond acceptors (Lipinski definition) is 3. The van der Waals surface area contributed by atoms with Gasteiger partial charge in [0, 0.05) is 12.6 Å². The van der Waals surface area contributed by atoms with E-state index in [1.807, 2.05) is 42.5 Å². The van der Waals surface area contributed by atoms with Crippen LogP contribution in [0, 0.1) is 0 Å². The number of benzene rings is 3. The SMILES string of the molecule is CNC(=O)c1ccc(NC(c2ccccc2)c2ccccc2)c(N)c1. The summed E-state index contributed by atoms with van der Waals surface area (Å²) < 4.78 is 0. The fraction of sp³-hybridized carbons (Fsp3) is 0.0952. The molecule has 3 aromatic rings. The molecule has 0 spiro atoms. The van der Waals surface area contributed by atoms with Crippen molar-refractivity contribution >= 4 is 17.3 Å². The van der Waals surface area contributed by atoms with Gasteiger partial charge in [-0.2, -0.15) is 0 Å². The second kappa shape index (κ2) is 7.53. The van der Waals surface area contributed by atoms with Gasteiger partial charge in [0.05, 0.1) is 17.4 Å². The maximum Gasteiger partial charge on any atom is 0.251 e. The molecule has 0 fully saturated rings. The van der Waals surface area contributed by atoms with Gasteiger partial charge in [0.2, 0.25) is 0 Å². The second-order valence-electron chi connectivity index (χ2n) is 5.78. The van der Waals surface area contributed by atoms with Gasteiger partial charge in [0.1, 0.15) is 0 Å². The number of nitrogens with one attached hydrogen (secondary N) is 2. The Labute approximate surface area is 147 Å². The first-order valence-corrected chi connectivity index (χ1v) is 8.17. The Morgan fingerprint density at radius 2 is 1.44 bits per heavy atom. The minimum Gasteiger partial charge on any atom is -0.397 e. The van der Waals surface area contributed by atoms with Gasteiger partial charge in [-0.25, -0.2) is 0 Å². The van der Waals surface area contributed by atoms with Crippen molar-refractivity contribution in [2.75, 3.05) is 18.1 Å². The summed E-state index contributed by atoms with van der Waals surface area (Å²) in [5.41, 5.74) is 10.3. The number of carbonyl (C=O) groups is 1. The van der Waals surface area contributed by atoms with Crippen molar-refractivity contribution in [3.05, 3.63) is 95.6 Å².